The summed E-state index contributed by atoms with van der Waals surface area (Å²) < 4.78 is 0. The summed E-state index contributed by atoms with van der Waals surface area (Å²) in [6, 6.07) is 12.2. The Morgan fingerprint density at radius 1 is 1.21 bits per heavy atom. The number of hydrogen-bond acceptors (Lipinski definition) is 1. The van der Waals surface area contributed by atoms with Crippen LogP contribution in [0, 0.1) is 5.92 Å². The van der Waals surface area contributed by atoms with Gasteiger partial charge in [-0.2, -0.15) is 0 Å². The Labute approximate surface area is 117 Å². The molecule has 1 N–H and O–H groups in total. The molecule has 0 aliphatic rings. The first-order chi connectivity index (χ1) is 9.31. The topological polar surface area (TPSA) is 28.7 Å². The smallest absolute Gasteiger partial charge is 0.139 e. The molecular formula is C16H14ClN2. The van der Waals surface area contributed by atoms with E-state index in [4.69, 9.17) is 11.6 Å². The van der Waals surface area contributed by atoms with Crippen LogP contribution in [-0.2, 0) is 0 Å². The highest BCUT2D eigenvalue weighted by molar-refractivity contribution is 6.35. The SMILES string of the molecule is CC[C](c1ccccc1)c1c[nH]c2nccc(Cl)c12. The molecule has 2 nitrogen and oxygen atoms in total. The minimum absolute atomic E-state index is 0.739. The summed E-state index contributed by atoms with van der Waals surface area (Å²) >= 11 is 6.32. The number of nitrogens with one attached hydrogen (secondary N) is 1. The van der Waals surface area contributed by atoms with E-state index in [2.05, 4.69) is 41.2 Å². The quantitative estimate of drug-likeness (QED) is 0.740. The molecule has 1 aromatic carbocycles. The molecule has 0 saturated heterocycles. The highest BCUT2D eigenvalue weighted by atomic mass is 35.5. The number of halogens is 1. The zero-order valence-electron chi connectivity index (χ0n) is 10.7. The van der Waals surface area contributed by atoms with Gasteiger partial charge in [-0.15, -0.1) is 0 Å². The Balaban J connectivity index is 2.17. The van der Waals surface area contributed by atoms with E-state index in [1.807, 2.05) is 18.3 Å². The van der Waals surface area contributed by atoms with Gasteiger partial charge in [-0.25, -0.2) is 4.98 Å². The number of benzene rings is 1. The maximum atomic E-state index is 6.32. The van der Waals surface area contributed by atoms with Crippen LogP contribution in [0.2, 0.25) is 5.02 Å². The molecule has 0 spiro atoms. The number of aromatic nitrogens is 2. The molecule has 0 saturated carbocycles. The van der Waals surface area contributed by atoms with Crippen molar-refractivity contribution < 1.29 is 0 Å². The average Bonchev–Trinajstić information content (AvgIpc) is 2.86. The Morgan fingerprint density at radius 2 is 2.00 bits per heavy atom. The lowest BCUT2D eigenvalue weighted by atomic mass is 9.89. The molecule has 0 aliphatic carbocycles. The number of rotatable bonds is 3. The van der Waals surface area contributed by atoms with Crippen LogP contribution in [0.1, 0.15) is 24.5 Å². The van der Waals surface area contributed by atoms with Gasteiger partial charge in [-0.05, 0) is 23.6 Å². The van der Waals surface area contributed by atoms with Crippen molar-refractivity contribution in [1.29, 1.82) is 0 Å². The lowest BCUT2D eigenvalue weighted by Crippen LogP contribution is -1.99. The van der Waals surface area contributed by atoms with E-state index in [1.165, 1.54) is 11.5 Å². The summed E-state index contributed by atoms with van der Waals surface area (Å²) in [4.78, 5) is 7.52. The number of pyridine rings is 1. The molecule has 3 heteroatoms. The van der Waals surface area contributed by atoms with Gasteiger partial charge in [0.05, 0.1) is 5.02 Å². The van der Waals surface area contributed by atoms with Gasteiger partial charge in [0, 0.05) is 23.7 Å². The van der Waals surface area contributed by atoms with E-state index in [-0.39, 0.29) is 0 Å². The molecule has 2 aromatic heterocycles. The van der Waals surface area contributed by atoms with Crippen LogP contribution in [0.4, 0.5) is 0 Å². The van der Waals surface area contributed by atoms with Gasteiger partial charge in [-0.1, -0.05) is 48.9 Å². The third kappa shape index (κ3) is 2.13. The van der Waals surface area contributed by atoms with Crippen molar-refractivity contribution in [2.45, 2.75) is 13.3 Å². The van der Waals surface area contributed by atoms with E-state index in [0.29, 0.717) is 0 Å². The third-order valence-corrected chi connectivity index (χ3v) is 3.64. The third-order valence-electron chi connectivity index (χ3n) is 3.32. The van der Waals surface area contributed by atoms with Crippen LogP contribution < -0.4 is 0 Å². The first-order valence-electron chi connectivity index (χ1n) is 6.34. The number of aromatic amines is 1. The van der Waals surface area contributed by atoms with Gasteiger partial charge < -0.3 is 4.98 Å². The highest BCUT2D eigenvalue weighted by Crippen LogP contribution is 2.34. The second-order valence-electron chi connectivity index (χ2n) is 4.42. The number of fused-ring (bicyclic) bond motifs is 1. The number of H-pyrrole nitrogens is 1. The van der Waals surface area contributed by atoms with E-state index >= 15 is 0 Å². The Morgan fingerprint density at radius 3 is 2.74 bits per heavy atom. The number of nitrogens with zero attached hydrogens (tertiary/aromatic N) is 1. The normalized spacial score (nSPS) is 11.3. The molecule has 3 rings (SSSR count). The van der Waals surface area contributed by atoms with Crippen molar-refractivity contribution in [3.63, 3.8) is 0 Å². The van der Waals surface area contributed by atoms with Crippen LogP contribution in [0.3, 0.4) is 0 Å². The van der Waals surface area contributed by atoms with Crippen molar-refractivity contribution in [3.05, 3.63) is 70.9 Å². The van der Waals surface area contributed by atoms with Crippen LogP contribution in [0.5, 0.6) is 0 Å². The Kier molecular flexibility index (Phi) is 3.26. The maximum Gasteiger partial charge on any atom is 0.139 e. The molecule has 0 atom stereocenters. The first kappa shape index (κ1) is 12.2. The van der Waals surface area contributed by atoms with Gasteiger partial charge in [0.25, 0.3) is 0 Å². The number of hydrogen-bond donors (Lipinski definition) is 1. The molecule has 0 amide bonds. The van der Waals surface area contributed by atoms with Crippen molar-refractivity contribution in [1.82, 2.24) is 9.97 Å². The minimum Gasteiger partial charge on any atom is -0.346 e. The summed E-state index contributed by atoms with van der Waals surface area (Å²) in [7, 11) is 0. The predicted molar refractivity (Wildman–Crippen MR) is 79.3 cm³/mol. The average molecular weight is 270 g/mol. The van der Waals surface area contributed by atoms with E-state index < -0.39 is 0 Å². The Bertz CT molecular complexity index is 688. The fourth-order valence-electron chi connectivity index (χ4n) is 2.44. The van der Waals surface area contributed by atoms with Crippen LogP contribution in [-0.4, -0.2) is 9.97 Å². The standard InChI is InChI=1S/C16H14ClN2/c1-2-12(11-6-4-3-5-7-11)13-10-19-16-15(13)14(17)8-9-18-16/h3-10H,2H2,1H3,(H,18,19). The van der Waals surface area contributed by atoms with Crippen molar-refractivity contribution in [2.24, 2.45) is 0 Å². The minimum atomic E-state index is 0.739. The molecular weight excluding hydrogens is 256 g/mol. The predicted octanol–water partition coefficient (Wildman–Crippen LogP) is 4.60. The van der Waals surface area contributed by atoms with E-state index in [1.54, 1.807) is 6.20 Å². The lowest BCUT2D eigenvalue weighted by molar-refractivity contribution is 0.996. The summed E-state index contributed by atoms with van der Waals surface area (Å²) in [5, 5.41) is 1.74. The zero-order valence-corrected chi connectivity index (χ0v) is 11.4. The molecule has 1 radical (unpaired) electrons. The molecule has 0 fully saturated rings. The molecule has 19 heavy (non-hydrogen) atoms. The fourth-order valence-corrected chi connectivity index (χ4v) is 2.69. The van der Waals surface area contributed by atoms with Gasteiger partial charge in [-0.3, -0.25) is 0 Å². The largest absolute Gasteiger partial charge is 0.346 e. The van der Waals surface area contributed by atoms with Crippen molar-refractivity contribution in [2.75, 3.05) is 0 Å². The maximum absolute atomic E-state index is 6.32. The monoisotopic (exact) mass is 269 g/mol. The molecule has 95 valence electrons. The van der Waals surface area contributed by atoms with Crippen LogP contribution in [0.15, 0.2) is 48.8 Å². The van der Waals surface area contributed by atoms with Crippen LogP contribution in [0.25, 0.3) is 11.0 Å². The van der Waals surface area contributed by atoms with Gasteiger partial charge in [0.1, 0.15) is 5.65 Å². The Hall–Kier alpha value is -1.80. The molecule has 0 unspecified atom stereocenters. The second kappa shape index (κ2) is 5.06. The van der Waals surface area contributed by atoms with Gasteiger partial charge >= 0.3 is 0 Å². The molecule has 2 heterocycles. The summed E-state index contributed by atoms with van der Waals surface area (Å²) in [6.45, 7) is 2.16. The lowest BCUT2D eigenvalue weighted by Gasteiger charge is -2.14. The first-order valence-corrected chi connectivity index (χ1v) is 6.72. The van der Waals surface area contributed by atoms with Gasteiger partial charge in [0.2, 0.25) is 0 Å². The summed E-state index contributed by atoms with van der Waals surface area (Å²) in [6.07, 6.45) is 4.66. The molecule has 3 aromatic rings. The zero-order chi connectivity index (χ0) is 13.2. The molecule has 0 bridgehead atoms. The summed E-state index contributed by atoms with van der Waals surface area (Å²) in [5.74, 6) is 1.28. The molecule has 0 aliphatic heterocycles. The van der Waals surface area contributed by atoms with E-state index in [0.717, 1.165) is 28.0 Å². The van der Waals surface area contributed by atoms with Crippen LogP contribution >= 0.6 is 11.6 Å². The second-order valence-corrected chi connectivity index (χ2v) is 4.82. The van der Waals surface area contributed by atoms with Crippen molar-refractivity contribution in [3.8, 4) is 0 Å². The fraction of sp³-hybridized carbons (Fsp3) is 0.125. The van der Waals surface area contributed by atoms with Crippen molar-refractivity contribution >= 4 is 22.6 Å². The van der Waals surface area contributed by atoms with E-state index in [9.17, 15) is 0 Å². The summed E-state index contributed by atoms with van der Waals surface area (Å²) in [5.41, 5.74) is 3.21. The van der Waals surface area contributed by atoms with Gasteiger partial charge in [0.15, 0.2) is 0 Å². The highest BCUT2D eigenvalue weighted by Gasteiger charge is 2.18.